The summed E-state index contributed by atoms with van der Waals surface area (Å²) in [6.07, 6.45) is 7.62. The van der Waals surface area contributed by atoms with Crippen molar-refractivity contribution in [3.8, 4) is 0 Å². The van der Waals surface area contributed by atoms with Gasteiger partial charge in [-0.15, -0.1) is 0 Å². The molecule has 1 heterocycles. The normalized spacial score (nSPS) is 37.9. The van der Waals surface area contributed by atoms with Crippen molar-refractivity contribution in [1.82, 2.24) is 0 Å². The van der Waals surface area contributed by atoms with Crippen molar-refractivity contribution in [2.24, 2.45) is 0 Å². The Labute approximate surface area is 90.9 Å². The zero-order valence-corrected chi connectivity index (χ0v) is 11.5. The minimum atomic E-state index is 0.0901. The van der Waals surface area contributed by atoms with Gasteiger partial charge < -0.3 is 0 Å². The van der Waals surface area contributed by atoms with Crippen molar-refractivity contribution >= 4 is 7.92 Å². The fourth-order valence-electron chi connectivity index (χ4n) is 3.07. The average Bonchev–Trinajstić information content (AvgIpc) is 2.26. The largest absolute Gasteiger partial charge is 0.0844 e. The van der Waals surface area contributed by atoms with E-state index in [0.29, 0.717) is 10.3 Å². The molecule has 0 amide bonds. The summed E-state index contributed by atoms with van der Waals surface area (Å²) in [5.74, 6) is 0. The Kier molecular flexibility index (Phi) is 3.47. The Morgan fingerprint density at radius 3 is 2.36 bits per heavy atom. The highest BCUT2D eigenvalue weighted by Crippen LogP contribution is 2.67. The number of hydrogen-bond acceptors (Lipinski definition) is 0. The molecule has 0 aliphatic carbocycles. The topological polar surface area (TPSA) is 0 Å². The van der Waals surface area contributed by atoms with E-state index in [2.05, 4.69) is 53.7 Å². The average molecular weight is 212 g/mol. The van der Waals surface area contributed by atoms with Gasteiger partial charge in [-0.2, -0.15) is 0 Å². The Hall–Kier alpha value is 0.170. The molecular formula is C13H25P. The van der Waals surface area contributed by atoms with Gasteiger partial charge in [-0.1, -0.05) is 68.0 Å². The van der Waals surface area contributed by atoms with Crippen molar-refractivity contribution in [1.29, 1.82) is 0 Å². The third kappa shape index (κ3) is 2.22. The molecule has 0 spiro atoms. The first-order valence-corrected chi connectivity index (χ1v) is 7.21. The van der Waals surface area contributed by atoms with Gasteiger partial charge >= 0.3 is 0 Å². The van der Waals surface area contributed by atoms with Crippen LogP contribution in [0.4, 0.5) is 0 Å². The van der Waals surface area contributed by atoms with Crippen molar-refractivity contribution < 1.29 is 0 Å². The van der Waals surface area contributed by atoms with Crippen molar-refractivity contribution in [2.45, 2.75) is 70.4 Å². The lowest BCUT2D eigenvalue weighted by Crippen LogP contribution is -2.29. The summed E-state index contributed by atoms with van der Waals surface area (Å²) in [6, 6.07) is 0. The molecule has 0 radical (unpaired) electrons. The van der Waals surface area contributed by atoms with E-state index in [0.717, 1.165) is 5.66 Å². The smallest absolute Gasteiger partial charge is 0.00655 e. The van der Waals surface area contributed by atoms with Crippen LogP contribution in [0.25, 0.3) is 0 Å². The molecular weight excluding hydrogens is 187 g/mol. The minimum absolute atomic E-state index is 0.0901. The van der Waals surface area contributed by atoms with E-state index in [4.69, 9.17) is 0 Å². The fraction of sp³-hybridized carbons (Fsp3) is 0.846. The first-order valence-electron chi connectivity index (χ1n) is 5.80. The van der Waals surface area contributed by atoms with Crippen molar-refractivity contribution in [3.63, 3.8) is 0 Å². The van der Waals surface area contributed by atoms with E-state index in [1.54, 1.807) is 0 Å². The maximum Gasteiger partial charge on any atom is 0.00655 e. The van der Waals surface area contributed by atoms with Gasteiger partial charge in [-0.3, -0.25) is 0 Å². The SMILES string of the molecule is CCCC1(C)C=CC(C)P1C(C)(C)C. The summed E-state index contributed by atoms with van der Waals surface area (Å²) in [4.78, 5) is 0. The Bertz CT molecular complexity index is 224. The summed E-state index contributed by atoms with van der Waals surface area (Å²) in [5, 5.41) is 0.990. The molecule has 14 heavy (non-hydrogen) atoms. The lowest BCUT2D eigenvalue weighted by Gasteiger charge is -2.43. The lowest BCUT2D eigenvalue weighted by atomic mass is 10.0. The summed E-state index contributed by atoms with van der Waals surface area (Å²) in [7, 11) is 0.0901. The molecule has 3 atom stereocenters. The first-order chi connectivity index (χ1) is 6.31. The Morgan fingerprint density at radius 1 is 1.36 bits per heavy atom. The monoisotopic (exact) mass is 212 g/mol. The fourth-order valence-corrected chi connectivity index (χ4v) is 7.72. The van der Waals surface area contributed by atoms with Crippen LogP contribution in [-0.2, 0) is 0 Å². The van der Waals surface area contributed by atoms with Gasteiger partial charge in [0.2, 0.25) is 0 Å². The van der Waals surface area contributed by atoms with Crippen LogP contribution in [0.15, 0.2) is 12.2 Å². The van der Waals surface area contributed by atoms with Gasteiger partial charge in [0.25, 0.3) is 0 Å². The highest BCUT2D eigenvalue weighted by Gasteiger charge is 2.44. The van der Waals surface area contributed by atoms with Crippen LogP contribution >= 0.6 is 7.92 Å². The van der Waals surface area contributed by atoms with Crippen LogP contribution in [0.5, 0.6) is 0 Å². The molecule has 82 valence electrons. The van der Waals surface area contributed by atoms with Gasteiger partial charge in [0.05, 0.1) is 0 Å². The standard InChI is InChI=1S/C13H25P/c1-7-9-13(6)10-8-11(2)14(13)12(3,4)5/h8,10-11H,7,9H2,1-6H3. The molecule has 1 aliphatic heterocycles. The second-order valence-electron chi connectivity index (χ2n) is 5.75. The molecule has 1 aliphatic rings. The van der Waals surface area contributed by atoms with E-state index in [1.807, 2.05) is 0 Å². The lowest BCUT2D eigenvalue weighted by molar-refractivity contribution is 0.647. The van der Waals surface area contributed by atoms with E-state index < -0.39 is 0 Å². The molecule has 0 nitrogen and oxygen atoms in total. The summed E-state index contributed by atoms with van der Waals surface area (Å²) >= 11 is 0. The van der Waals surface area contributed by atoms with E-state index in [-0.39, 0.29) is 7.92 Å². The Morgan fingerprint density at radius 2 is 1.93 bits per heavy atom. The predicted molar refractivity (Wildman–Crippen MR) is 68.6 cm³/mol. The number of allylic oxidation sites excluding steroid dienone is 2. The van der Waals surface area contributed by atoms with Crippen molar-refractivity contribution in [3.05, 3.63) is 12.2 Å². The second kappa shape index (κ2) is 3.97. The summed E-state index contributed by atoms with van der Waals surface area (Å²) in [6.45, 7) is 14.4. The molecule has 1 rings (SSSR count). The van der Waals surface area contributed by atoms with Gasteiger partial charge in [-0.05, 0) is 17.2 Å². The molecule has 0 saturated heterocycles. The predicted octanol–water partition coefficient (Wildman–Crippen LogP) is 4.78. The molecule has 3 unspecified atom stereocenters. The Balaban J connectivity index is 2.91. The first kappa shape index (κ1) is 12.2. The van der Waals surface area contributed by atoms with Gasteiger partial charge in [0.15, 0.2) is 0 Å². The van der Waals surface area contributed by atoms with Gasteiger partial charge in [-0.25, -0.2) is 0 Å². The maximum absolute atomic E-state index is 2.50. The van der Waals surface area contributed by atoms with E-state index in [9.17, 15) is 0 Å². The number of hydrogen-bond donors (Lipinski definition) is 0. The highest BCUT2D eigenvalue weighted by atomic mass is 31.1. The van der Waals surface area contributed by atoms with Crippen LogP contribution in [-0.4, -0.2) is 16.0 Å². The van der Waals surface area contributed by atoms with E-state index in [1.165, 1.54) is 12.8 Å². The van der Waals surface area contributed by atoms with Crippen LogP contribution in [0.1, 0.15) is 54.4 Å². The quantitative estimate of drug-likeness (QED) is 0.456. The molecule has 0 N–H and O–H groups in total. The van der Waals surface area contributed by atoms with Crippen LogP contribution in [0, 0.1) is 0 Å². The molecule has 0 aromatic heterocycles. The maximum atomic E-state index is 2.50. The summed E-state index contributed by atoms with van der Waals surface area (Å²) in [5.41, 5.74) is 0.807. The van der Waals surface area contributed by atoms with Crippen LogP contribution in [0.3, 0.4) is 0 Å². The van der Waals surface area contributed by atoms with Crippen molar-refractivity contribution in [2.75, 3.05) is 0 Å². The highest BCUT2D eigenvalue weighted by molar-refractivity contribution is 7.62. The van der Waals surface area contributed by atoms with Gasteiger partial charge in [0.1, 0.15) is 0 Å². The minimum Gasteiger partial charge on any atom is -0.0844 e. The van der Waals surface area contributed by atoms with E-state index >= 15 is 0 Å². The van der Waals surface area contributed by atoms with Gasteiger partial charge in [0, 0.05) is 5.16 Å². The molecule has 0 aromatic carbocycles. The molecule has 0 bridgehead atoms. The molecule has 0 aromatic rings. The second-order valence-corrected chi connectivity index (χ2v) is 9.67. The third-order valence-electron chi connectivity index (χ3n) is 3.17. The van der Waals surface area contributed by atoms with Crippen LogP contribution < -0.4 is 0 Å². The molecule has 0 fully saturated rings. The zero-order valence-electron chi connectivity index (χ0n) is 10.6. The third-order valence-corrected chi connectivity index (χ3v) is 7.08. The molecule has 1 heteroatoms. The summed E-state index contributed by atoms with van der Waals surface area (Å²) < 4.78 is 0. The molecule has 0 saturated carbocycles. The zero-order chi connectivity index (χ0) is 11.0. The van der Waals surface area contributed by atoms with Crippen LogP contribution in [0.2, 0.25) is 0 Å². The number of rotatable bonds is 2.